The number of hydrogen-bond donors (Lipinski definition) is 0. The molecule has 0 aromatic rings. The van der Waals surface area contributed by atoms with Gasteiger partial charge in [-0.25, -0.2) is 0 Å². The zero-order valence-corrected chi connectivity index (χ0v) is 14.1. The van der Waals surface area contributed by atoms with Crippen LogP contribution in [0.4, 0.5) is 0 Å². The van der Waals surface area contributed by atoms with Crippen LogP contribution in [0.2, 0.25) is 0 Å². The average Bonchev–Trinajstić information content (AvgIpc) is 2.45. The molecule has 0 aliphatic carbocycles. The fourth-order valence-corrected chi connectivity index (χ4v) is 1.90. The second-order valence-corrected chi connectivity index (χ2v) is 5.30. The maximum Gasteiger partial charge on any atom is 0.303 e. The third kappa shape index (κ3) is 14.9. The Morgan fingerprint density at radius 2 is 1.64 bits per heavy atom. The predicted molar refractivity (Wildman–Crippen MR) is 85.3 cm³/mol. The van der Waals surface area contributed by atoms with Gasteiger partial charge in [0, 0.05) is 13.8 Å². The number of hydrogen-bond acceptors (Lipinski definition) is 5. The largest absolute Gasteiger partial charge is 0.498 e. The van der Waals surface area contributed by atoms with Gasteiger partial charge in [-0.1, -0.05) is 39.0 Å². The van der Waals surface area contributed by atoms with Crippen LogP contribution < -0.4 is 0 Å². The van der Waals surface area contributed by atoms with Crippen molar-refractivity contribution in [3.8, 4) is 0 Å². The number of carbonyl (C=O) groups is 2. The van der Waals surface area contributed by atoms with Crippen LogP contribution in [0.1, 0.15) is 65.7 Å². The van der Waals surface area contributed by atoms with E-state index in [2.05, 4.69) is 6.92 Å². The minimum Gasteiger partial charge on any atom is -0.498 e. The van der Waals surface area contributed by atoms with E-state index in [0.29, 0.717) is 0 Å². The van der Waals surface area contributed by atoms with Crippen LogP contribution in [-0.2, 0) is 23.8 Å². The Morgan fingerprint density at radius 3 is 2.27 bits per heavy atom. The van der Waals surface area contributed by atoms with E-state index >= 15 is 0 Å². The van der Waals surface area contributed by atoms with E-state index < -0.39 is 18.0 Å². The number of carbonyl (C=O) groups excluding carboxylic acids is 2. The number of esters is 2. The van der Waals surface area contributed by atoms with E-state index in [1.54, 1.807) is 6.26 Å². The lowest BCUT2D eigenvalue weighted by Crippen LogP contribution is -2.27. The van der Waals surface area contributed by atoms with Gasteiger partial charge < -0.3 is 14.2 Å². The van der Waals surface area contributed by atoms with E-state index in [0.717, 1.165) is 12.8 Å². The molecule has 5 heteroatoms. The first-order valence-electron chi connectivity index (χ1n) is 8.13. The highest BCUT2D eigenvalue weighted by Gasteiger charge is 2.13. The number of rotatable bonds is 13. The third-order valence-electron chi connectivity index (χ3n) is 3.00. The monoisotopic (exact) mass is 314 g/mol. The van der Waals surface area contributed by atoms with Crippen molar-refractivity contribution in [2.45, 2.75) is 71.8 Å². The molecule has 0 amide bonds. The summed E-state index contributed by atoms with van der Waals surface area (Å²) in [7, 11) is 0. The maximum absolute atomic E-state index is 10.9. The Morgan fingerprint density at radius 1 is 0.955 bits per heavy atom. The summed E-state index contributed by atoms with van der Waals surface area (Å²) in [6.07, 6.45) is 11.6. The quantitative estimate of drug-likeness (QED) is 0.294. The summed E-state index contributed by atoms with van der Waals surface area (Å²) >= 11 is 0. The van der Waals surface area contributed by atoms with E-state index in [1.165, 1.54) is 46.0 Å². The van der Waals surface area contributed by atoms with Gasteiger partial charge in [0.2, 0.25) is 0 Å². The lowest BCUT2D eigenvalue weighted by molar-refractivity contribution is -0.158. The maximum atomic E-state index is 10.9. The van der Waals surface area contributed by atoms with Crippen molar-refractivity contribution in [3.05, 3.63) is 12.3 Å². The van der Waals surface area contributed by atoms with E-state index in [9.17, 15) is 9.59 Å². The van der Waals surface area contributed by atoms with Crippen LogP contribution in [0.3, 0.4) is 0 Å². The molecule has 0 heterocycles. The molecule has 5 nitrogen and oxygen atoms in total. The molecule has 0 radical (unpaired) electrons. The summed E-state index contributed by atoms with van der Waals surface area (Å²) in [6, 6.07) is 0. The van der Waals surface area contributed by atoms with Gasteiger partial charge >= 0.3 is 11.9 Å². The summed E-state index contributed by atoms with van der Waals surface area (Å²) in [5.74, 6) is -0.826. The molecule has 0 aromatic carbocycles. The van der Waals surface area contributed by atoms with Crippen molar-refractivity contribution in [3.63, 3.8) is 0 Å². The normalized spacial score (nSPS) is 12.1. The SMILES string of the molecule is CCCCCCCC/C=C/OCC(COC(C)=O)OC(C)=O. The number of ether oxygens (including phenoxy) is 3. The Balaban J connectivity index is 3.70. The Kier molecular flexibility index (Phi) is 13.4. The fourth-order valence-electron chi connectivity index (χ4n) is 1.90. The topological polar surface area (TPSA) is 61.8 Å². The lowest BCUT2D eigenvalue weighted by atomic mass is 10.1. The van der Waals surface area contributed by atoms with Gasteiger partial charge in [0.25, 0.3) is 0 Å². The van der Waals surface area contributed by atoms with Gasteiger partial charge in [-0.05, 0) is 18.9 Å². The standard InChI is InChI=1S/C17H30O5/c1-4-5-6-7-8-9-10-11-12-20-13-17(22-16(3)19)14-21-15(2)18/h11-12,17H,4-10,13-14H2,1-3H3/b12-11+. The first-order valence-corrected chi connectivity index (χ1v) is 8.13. The molecule has 0 saturated heterocycles. The number of allylic oxidation sites excluding steroid dienone is 1. The Hall–Kier alpha value is -1.52. The van der Waals surface area contributed by atoms with Crippen LogP contribution in [0.15, 0.2) is 12.3 Å². The van der Waals surface area contributed by atoms with E-state index in [1.807, 2.05) is 6.08 Å². The molecule has 0 aromatic heterocycles. The summed E-state index contributed by atoms with van der Waals surface area (Å²) in [4.78, 5) is 21.7. The first-order chi connectivity index (χ1) is 10.6. The average molecular weight is 314 g/mol. The summed E-state index contributed by atoms with van der Waals surface area (Å²) < 4.78 is 15.2. The van der Waals surface area contributed by atoms with Crippen LogP contribution in [0, 0.1) is 0 Å². The molecule has 0 rings (SSSR count). The molecule has 22 heavy (non-hydrogen) atoms. The molecule has 128 valence electrons. The van der Waals surface area contributed by atoms with Gasteiger partial charge in [-0.15, -0.1) is 0 Å². The van der Waals surface area contributed by atoms with Crippen molar-refractivity contribution in [1.29, 1.82) is 0 Å². The van der Waals surface area contributed by atoms with Crippen LogP contribution in [0.5, 0.6) is 0 Å². The molecule has 0 bridgehead atoms. The highest BCUT2D eigenvalue weighted by molar-refractivity contribution is 5.67. The minimum absolute atomic E-state index is 0.0141. The number of unbranched alkanes of at least 4 members (excludes halogenated alkanes) is 6. The summed E-state index contributed by atoms with van der Waals surface area (Å²) in [5.41, 5.74) is 0. The summed E-state index contributed by atoms with van der Waals surface area (Å²) in [5, 5.41) is 0. The van der Waals surface area contributed by atoms with E-state index in [4.69, 9.17) is 14.2 Å². The molecule has 0 saturated carbocycles. The molecule has 0 spiro atoms. The second-order valence-electron chi connectivity index (χ2n) is 5.30. The van der Waals surface area contributed by atoms with Crippen molar-refractivity contribution in [2.75, 3.05) is 13.2 Å². The van der Waals surface area contributed by atoms with Crippen LogP contribution in [-0.4, -0.2) is 31.3 Å². The smallest absolute Gasteiger partial charge is 0.303 e. The fraction of sp³-hybridized carbons (Fsp3) is 0.765. The van der Waals surface area contributed by atoms with Crippen LogP contribution >= 0.6 is 0 Å². The third-order valence-corrected chi connectivity index (χ3v) is 3.00. The van der Waals surface area contributed by atoms with Crippen molar-refractivity contribution in [1.82, 2.24) is 0 Å². The van der Waals surface area contributed by atoms with Gasteiger partial charge in [0.05, 0.1) is 6.26 Å². The summed E-state index contributed by atoms with van der Waals surface area (Å²) in [6.45, 7) is 5.03. The molecule has 0 aliphatic heterocycles. The molecule has 1 unspecified atom stereocenters. The molecular weight excluding hydrogens is 284 g/mol. The lowest BCUT2D eigenvalue weighted by Gasteiger charge is -2.15. The minimum atomic E-state index is -0.569. The zero-order valence-electron chi connectivity index (χ0n) is 14.1. The zero-order chi connectivity index (χ0) is 16.6. The molecule has 0 aliphatic rings. The van der Waals surface area contributed by atoms with Gasteiger partial charge in [-0.2, -0.15) is 0 Å². The highest BCUT2D eigenvalue weighted by Crippen LogP contribution is 2.07. The molecule has 0 fully saturated rings. The van der Waals surface area contributed by atoms with Crippen molar-refractivity contribution >= 4 is 11.9 Å². The molecule has 0 N–H and O–H groups in total. The van der Waals surface area contributed by atoms with Crippen molar-refractivity contribution in [2.24, 2.45) is 0 Å². The van der Waals surface area contributed by atoms with Crippen LogP contribution in [0.25, 0.3) is 0 Å². The van der Waals surface area contributed by atoms with E-state index in [-0.39, 0.29) is 13.2 Å². The molecule has 1 atom stereocenters. The Labute approximate surface area is 134 Å². The van der Waals surface area contributed by atoms with Gasteiger partial charge in [-0.3, -0.25) is 9.59 Å². The molecular formula is C17H30O5. The first kappa shape index (κ1) is 20.5. The predicted octanol–water partition coefficient (Wildman–Crippen LogP) is 3.76. The van der Waals surface area contributed by atoms with Gasteiger partial charge in [0.15, 0.2) is 6.10 Å². The van der Waals surface area contributed by atoms with Gasteiger partial charge in [0.1, 0.15) is 13.2 Å². The Bertz CT molecular complexity index is 325. The van der Waals surface area contributed by atoms with Crippen molar-refractivity contribution < 1.29 is 23.8 Å². The second kappa shape index (κ2) is 14.4. The highest BCUT2D eigenvalue weighted by atomic mass is 16.6.